The zero-order valence-electron chi connectivity index (χ0n) is 28.0. The van der Waals surface area contributed by atoms with Gasteiger partial charge >= 0.3 is 0 Å². The summed E-state index contributed by atoms with van der Waals surface area (Å²) in [5, 5.41) is 8.87. The second-order valence-corrected chi connectivity index (χ2v) is 14.0. The maximum absolute atomic E-state index is 12.5. The van der Waals surface area contributed by atoms with Crippen molar-refractivity contribution in [2.24, 2.45) is 5.73 Å². The standard InChI is InChI=1S/C25H22N2O2S.C18H19N.ClH/c26-18-19-11-15-22(16-12-19)30(28,29)27-17-5-10-25-23-8-3-1-6-20(23)13-14-21-7-2-4-9-24(21)25;19-13-5-10-18-16-8-3-1-6-14(16)11-12-15-7-2-4-9-17(15)18;/h1-4,6-12,15-16,27H,5,13-14,17H2;1-4,6-10H,5,11-13,19H2;1H. The largest absolute Gasteiger partial charge is 0.330 e. The highest BCUT2D eigenvalue weighted by Crippen LogP contribution is 2.35. The van der Waals surface area contributed by atoms with E-state index in [1.54, 1.807) is 0 Å². The maximum atomic E-state index is 12.5. The smallest absolute Gasteiger partial charge is 0.240 e. The number of hydrogen-bond donors (Lipinski definition) is 2. The Kier molecular flexibility index (Phi) is 12.6. The van der Waals surface area contributed by atoms with Crippen LogP contribution in [0.25, 0.3) is 11.1 Å². The van der Waals surface area contributed by atoms with Crippen LogP contribution in [0.5, 0.6) is 0 Å². The molecule has 7 heteroatoms. The van der Waals surface area contributed by atoms with Gasteiger partial charge < -0.3 is 5.73 Å². The van der Waals surface area contributed by atoms with E-state index in [-0.39, 0.29) is 17.3 Å². The molecule has 5 nitrogen and oxygen atoms in total. The molecule has 0 amide bonds. The number of rotatable bonds is 7. The van der Waals surface area contributed by atoms with E-state index in [9.17, 15) is 8.42 Å². The van der Waals surface area contributed by atoms with Crippen molar-refractivity contribution in [1.29, 1.82) is 5.26 Å². The Labute approximate surface area is 302 Å². The second kappa shape index (κ2) is 17.2. The number of halogens is 1. The number of fused-ring (bicyclic) bond motifs is 4. The van der Waals surface area contributed by atoms with Crippen LogP contribution in [-0.2, 0) is 35.7 Å². The first kappa shape index (κ1) is 36.5. The molecule has 0 saturated carbocycles. The minimum atomic E-state index is -3.61. The molecule has 5 aromatic carbocycles. The van der Waals surface area contributed by atoms with Crippen molar-refractivity contribution < 1.29 is 8.42 Å². The third-order valence-corrected chi connectivity index (χ3v) is 10.6. The molecule has 0 heterocycles. The van der Waals surface area contributed by atoms with Gasteiger partial charge in [0.15, 0.2) is 0 Å². The van der Waals surface area contributed by atoms with Gasteiger partial charge in [-0.05, 0) is 125 Å². The van der Waals surface area contributed by atoms with Crippen molar-refractivity contribution in [3.05, 3.63) is 184 Å². The lowest BCUT2D eigenvalue weighted by Gasteiger charge is -2.12. The molecule has 0 radical (unpaired) electrons. The van der Waals surface area contributed by atoms with Gasteiger partial charge in [-0.15, -0.1) is 12.4 Å². The Morgan fingerprint density at radius 1 is 0.600 bits per heavy atom. The Bertz CT molecular complexity index is 2050. The third-order valence-electron chi connectivity index (χ3n) is 9.15. The summed E-state index contributed by atoms with van der Waals surface area (Å²) < 4.78 is 27.7. The van der Waals surface area contributed by atoms with Crippen LogP contribution in [0.2, 0.25) is 0 Å². The van der Waals surface area contributed by atoms with E-state index in [4.69, 9.17) is 11.0 Å². The first-order valence-corrected chi connectivity index (χ1v) is 18.4. The lowest BCUT2D eigenvalue weighted by Crippen LogP contribution is -2.24. The lowest BCUT2D eigenvalue weighted by atomic mass is 9.93. The molecule has 3 N–H and O–H groups in total. The average molecular weight is 700 g/mol. The van der Waals surface area contributed by atoms with Gasteiger partial charge in [0.05, 0.1) is 16.5 Å². The van der Waals surface area contributed by atoms with Gasteiger partial charge in [0.25, 0.3) is 0 Å². The van der Waals surface area contributed by atoms with E-state index in [1.165, 1.54) is 74.3 Å². The van der Waals surface area contributed by atoms with E-state index >= 15 is 0 Å². The topological polar surface area (TPSA) is 96.0 Å². The van der Waals surface area contributed by atoms with Crippen molar-refractivity contribution in [2.75, 3.05) is 13.1 Å². The Hall–Kier alpha value is -4.77. The third kappa shape index (κ3) is 8.50. The van der Waals surface area contributed by atoms with Gasteiger partial charge in [0.1, 0.15) is 0 Å². The highest BCUT2D eigenvalue weighted by atomic mass is 35.5. The van der Waals surface area contributed by atoms with Crippen molar-refractivity contribution in [2.45, 2.75) is 43.4 Å². The fraction of sp³-hybridized carbons (Fsp3) is 0.186. The number of hydrogen-bond acceptors (Lipinski definition) is 4. The fourth-order valence-electron chi connectivity index (χ4n) is 6.70. The summed E-state index contributed by atoms with van der Waals surface area (Å²) in [6.07, 6.45) is 10.2. The molecule has 2 aliphatic carbocycles. The second-order valence-electron chi connectivity index (χ2n) is 12.3. The van der Waals surface area contributed by atoms with E-state index < -0.39 is 10.0 Å². The maximum Gasteiger partial charge on any atom is 0.240 e. The highest BCUT2D eigenvalue weighted by Gasteiger charge is 2.19. The summed E-state index contributed by atoms with van der Waals surface area (Å²) in [5.41, 5.74) is 19.4. The molecule has 0 bridgehead atoms. The fourth-order valence-corrected chi connectivity index (χ4v) is 7.75. The van der Waals surface area contributed by atoms with Crippen LogP contribution in [0.1, 0.15) is 62.9 Å². The predicted molar refractivity (Wildman–Crippen MR) is 207 cm³/mol. The number of sulfonamides is 1. The summed E-state index contributed by atoms with van der Waals surface area (Å²) in [4.78, 5) is 0.166. The van der Waals surface area contributed by atoms with Gasteiger partial charge in [-0.3, -0.25) is 0 Å². The molecule has 0 spiro atoms. The molecule has 0 saturated heterocycles. The first-order chi connectivity index (χ1) is 24.0. The van der Waals surface area contributed by atoms with Crippen LogP contribution in [0, 0.1) is 11.3 Å². The Morgan fingerprint density at radius 2 is 0.980 bits per heavy atom. The molecular formula is C43H42ClN3O2S. The SMILES string of the molecule is Cl.N#Cc1ccc(S(=O)(=O)NCCC=C2c3ccccc3CCc3ccccc32)cc1.NCCC=C1c2ccccc2CCc2ccccc21. The zero-order chi connectivity index (χ0) is 34.1. The molecule has 0 aromatic heterocycles. The van der Waals surface area contributed by atoms with Crippen molar-refractivity contribution in [3.63, 3.8) is 0 Å². The van der Waals surface area contributed by atoms with Crippen LogP contribution in [0.15, 0.2) is 138 Å². The molecular weight excluding hydrogens is 658 g/mol. The summed E-state index contributed by atoms with van der Waals surface area (Å²) in [5.74, 6) is 0. The molecule has 0 fully saturated rings. The average Bonchev–Trinajstić information content (AvgIpc) is 3.41. The monoisotopic (exact) mass is 699 g/mol. The molecule has 50 heavy (non-hydrogen) atoms. The Morgan fingerprint density at radius 3 is 1.36 bits per heavy atom. The highest BCUT2D eigenvalue weighted by molar-refractivity contribution is 7.89. The van der Waals surface area contributed by atoms with Gasteiger partial charge in [0.2, 0.25) is 10.0 Å². The van der Waals surface area contributed by atoms with Gasteiger partial charge in [-0.1, -0.05) is 109 Å². The van der Waals surface area contributed by atoms with Gasteiger partial charge in [-0.25, -0.2) is 13.1 Å². The number of aryl methyl sites for hydroxylation is 4. The van der Waals surface area contributed by atoms with Crippen molar-refractivity contribution in [1.82, 2.24) is 4.72 Å². The van der Waals surface area contributed by atoms with Crippen molar-refractivity contribution >= 4 is 33.6 Å². The predicted octanol–water partition coefficient (Wildman–Crippen LogP) is 8.44. The summed E-state index contributed by atoms with van der Waals surface area (Å²) in [6, 6.07) is 42.3. The number of nitrogens with two attached hydrogens (primary N) is 1. The van der Waals surface area contributed by atoms with Gasteiger partial charge in [-0.2, -0.15) is 5.26 Å². The van der Waals surface area contributed by atoms with E-state index in [1.807, 2.05) is 18.2 Å². The molecule has 7 rings (SSSR count). The lowest BCUT2D eigenvalue weighted by molar-refractivity contribution is 0.582. The van der Waals surface area contributed by atoms with Crippen LogP contribution in [-0.4, -0.2) is 21.5 Å². The number of nitrogens with one attached hydrogen (secondary N) is 1. The normalized spacial score (nSPS) is 12.9. The first-order valence-electron chi connectivity index (χ1n) is 16.9. The molecule has 0 aliphatic heterocycles. The Balaban J connectivity index is 0.000000209. The molecule has 254 valence electrons. The molecule has 2 aliphatic rings. The quantitative estimate of drug-likeness (QED) is 0.167. The molecule has 0 unspecified atom stereocenters. The van der Waals surface area contributed by atoms with Crippen LogP contribution >= 0.6 is 12.4 Å². The summed E-state index contributed by atoms with van der Waals surface area (Å²) in [6.45, 7) is 1.00. The minimum absolute atomic E-state index is 0. The number of benzene rings is 5. The zero-order valence-corrected chi connectivity index (χ0v) is 29.6. The minimum Gasteiger partial charge on any atom is -0.330 e. The molecule has 0 atom stereocenters. The van der Waals surface area contributed by atoms with E-state index in [0.717, 1.165) is 37.7 Å². The van der Waals surface area contributed by atoms with Crippen LogP contribution in [0.4, 0.5) is 0 Å². The summed E-state index contributed by atoms with van der Waals surface area (Å²) in [7, 11) is -3.61. The van der Waals surface area contributed by atoms with E-state index in [0.29, 0.717) is 25.1 Å². The van der Waals surface area contributed by atoms with Crippen LogP contribution in [0.3, 0.4) is 0 Å². The van der Waals surface area contributed by atoms with E-state index in [2.05, 4.69) is 102 Å². The summed E-state index contributed by atoms with van der Waals surface area (Å²) >= 11 is 0. The number of nitrogens with zero attached hydrogens (tertiary/aromatic N) is 1. The van der Waals surface area contributed by atoms with Crippen molar-refractivity contribution in [3.8, 4) is 6.07 Å². The van der Waals surface area contributed by atoms with Crippen LogP contribution < -0.4 is 10.5 Å². The molecule has 5 aromatic rings. The number of nitriles is 1. The van der Waals surface area contributed by atoms with Gasteiger partial charge in [0, 0.05) is 6.54 Å².